The van der Waals surface area contributed by atoms with Gasteiger partial charge in [0.2, 0.25) is 5.88 Å². The summed E-state index contributed by atoms with van der Waals surface area (Å²) in [6, 6.07) is 10.9. The van der Waals surface area contributed by atoms with Crippen LogP contribution in [0.3, 0.4) is 0 Å². The van der Waals surface area contributed by atoms with Crippen LogP contribution in [0.4, 0.5) is 10.2 Å². The molecule has 0 saturated carbocycles. The zero-order valence-corrected chi connectivity index (χ0v) is 17.6. The first-order chi connectivity index (χ1) is 15.6. The van der Waals surface area contributed by atoms with E-state index in [4.69, 9.17) is 4.74 Å². The van der Waals surface area contributed by atoms with Gasteiger partial charge in [-0.3, -0.25) is 9.78 Å². The van der Waals surface area contributed by atoms with Gasteiger partial charge in [-0.25, -0.2) is 19.3 Å². The fourth-order valence-corrected chi connectivity index (χ4v) is 3.41. The molecule has 9 heteroatoms. The predicted octanol–water partition coefficient (Wildman–Crippen LogP) is 3.25. The summed E-state index contributed by atoms with van der Waals surface area (Å²) in [5.74, 6) is 0.0702. The molecule has 0 saturated heterocycles. The van der Waals surface area contributed by atoms with E-state index in [0.717, 1.165) is 23.0 Å². The number of methoxy groups -OCH3 is 1. The first-order valence-electron chi connectivity index (χ1n) is 9.95. The molecule has 0 aliphatic rings. The molecule has 0 spiro atoms. The number of benzene rings is 1. The Labute approximate surface area is 183 Å². The summed E-state index contributed by atoms with van der Waals surface area (Å²) in [4.78, 5) is 29.1. The van der Waals surface area contributed by atoms with Crippen LogP contribution in [0.15, 0.2) is 55.1 Å². The standard InChI is InChI=1S/C23H21FN6O2/c1-25-23(31)21-16-5-3-4-14(22(16)28-12-17(21)24)8-9-26-19-10-18(29-13-30-19)15-6-7-20(32-2)27-11-15/h3-7,10-13H,8-9H2,1-2H3,(H,25,31)(H,26,29,30). The summed E-state index contributed by atoms with van der Waals surface area (Å²) in [6.45, 7) is 0.560. The number of carbonyl (C=O) groups excluding carboxylic acids is 1. The molecule has 0 bridgehead atoms. The van der Waals surface area contributed by atoms with E-state index in [0.29, 0.717) is 35.6 Å². The monoisotopic (exact) mass is 432 g/mol. The average molecular weight is 432 g/mol. The smallest absolute Gasteiger partial charge is 0.254 e. The maximum atomic E-state index is 14.2. The summed E-state index contributed by atoms with van der Waals surface area (Å²) >= 11 is 0. The van der Waals surface area contributed by atoms with Crippen molar-refractivity contribution in [2.24, 2.45) is 0 Å². The Morgan fingerprint density at radius 2 is 1.97 bits per heavy atom. The third kappa shape index (κ3) is 4.31. The molecule has 0 unspecified atom stereocenters. The Morgan fingerprint density at radius 1 is 1.09 bits per heavy atom. The fraction of sp³-hybridized carbons (Fsp3) is 0.174. The van der Waals surface area contributed by atoms with E-state index in [2.05, 4.69) is 30.6 Å². The minimum atomic E-state index is -0.645. The minimum absolute atomic E-state index is 0.000789. The Hall–Kier alpha value is -4.14. The molecular formula is C23H21FN6O2. The fourth-order valence-electron chi connectivity index (χ4n) is 3.41. The molecule has 4 rings (SSSR count). The number of nitrogens with one attached hydrogen (secondary N) is 2. The van der Waals surface area contributed by atoms with Crippen molar-refractivity contribution in [1.82, 2.24) is 25.3 Å². The molecular weight excluding hydrogens is 411 g/mol. The molecule has 0 aliphatic carbocycles. The molecule has 8 nitrogen and oxygen atoms in total. The lowest BCUT2D eigenvalue weighted by molar-refractivity contribution is 0.0961. The number of fused-ring (bicyclic) bond motifs is 1. The number of pyridine rings is 2. The number of hydrogen-bond donors (Lipinski definition) is 2. The molecule has 3 aromatic heterocycles. The van der Waals surface area contributed by atoms with Crippen LogP contribution < -0.4 is 15.4 Å². The zero-order valence-electron chi connectivity index (χ0n) is 17.6. The summed E-state index contributed by atoms with van der Waals surface area (Å²) < 4.78 is 19.3. The number of rotatable bonds is 7. The molecule has 4 aromatic rings. The number of carbonyl (C=O) groups is 1. The Morgan fingerprint density at radius 3 is 2.72 bits per heavy atom. The van der Waals surface area contributed by atoms with Crippen LogP contribution >= 0.6 is 0 Å². The molecule has 1 amide bonds. The van der Waals surface area contributed by atoms with E-state index in [1.807, 2.05) is 18.2 Å². The van der Waals surface area contributed by atoms with Gasteiger partial charge in [-0.05, 0) is 18.1 Å². The van der Waals surface area contributed by atoms with Crippen LogP contribution in [0, 0.1) is 5.82 Å². The first-order valence-corrected chi connectivity index (χ1v) is 9.95. The molecule has 32 heavy (non-hydrogen) atoms. The van der Waals surface area contributed by atoms with Gasteiger partial charge in [-0.2, -0.15) is 0 Å². The van der Waals surface area contributed by atoms with Crippen molar-refractivity contribution in [2.45, 2.75) is 6.42 Å². The molecule has 2 N–H and O–H groups in total. The molecule has 0 fully saturated rings. The van der Waals surface area contributed by atoms with E-state index in [1.165, 1.54) is 13.4 Å². The maximum absolute atomic E-state index is 14.2. The van der Waals surface area contributed by atoms with Crippen LogP contribution in [-0.4, -0.2) is 46.5 Å². The number of nitrogens with zero attached hydrogens (tertiary/aromatic N) is 4. The van der Waals surface area contributed by atoms with Gasteiger partial charge in [0, 0.05) is 42.9 Å². The van der Waals surface area contributed by atoms with Crippen molar-refractivity contribution in [2.75, 3.05) is 26.0 Å². The molecule has 0 aliphatic heterocycles. The summed E-state index contributed by atoms with van der Waals surface area (Å²) in [6.07, 6.45) is 4.87. The van der Waals surface area contributed by atoms with Crippen LogP contribution in [0.5, 0.6) is 5.88 Å². The lowest BCUT2D eigenvalue weighted by Gasteiger charge is -2.11. The highest BCUT2D eigenvalue weighted by Crippen LogP contribution is 2.24. The number of aromatic nitrogens is 4. The molecule has 0 atom stereocenters. The lowest BCUT2D eigenvalue weighted by atomic mass is 10.0. The SMILES string of the molecule is CNC(=O)c1c(F)cnc2c(CCNc3cc(-c4ccc(OC)nc4)ncn3)cccc12. The lowest BCUT2D eigenvalue weighted by Crippen LogP contribution is -2.20. The number of para-hydroxylation sites is 1. The van der Waals surface area contributed by atoms with Crippen molar-refractivity contribution in [3.63, 3.8) is 0 Å². The largest absolute Gasteiger partial charge is 0.481 e. The van der Waals surface area contributed by atoms with Gasteiger partial charge in [-0.1, -0.05) is 18.2 Å². The highest BCUT2D eigenvalue weighted by atomic mass is 19.1. The predicted molar refractivity (Wildman–Crippen MR) is 119 cm³/mol. The molecule has 1 aromatic carbocycles. The van der Waals surface area contributed by atoms with Crippen molar-refractivity contribution < 1.29 is 13.9 Å². The minimum Gasteiger partial charge on any atom is -0.481 e. The highest BCUT2D eigenvalue weighted by Gasteiger charge is 2.17. The molecule has 3 heterocycles. The van der Waals surface area contributed by atoms with Crippen molar-refractivity contribution in [3.05, 3.63) is 72.1 Å². The number of anilines is 1. The van der Waals surface area contributed by atoms with Crippen molar-refractivity contribution in [3.8, 4) is 17.1 Å². The maximum Gasteiger partial charge on any atom is 0.254 e. The number of ether oxygens (including phenoxy) is 1. The van der Waals surface area contributed by atoms with Gasteiger partial charge in [0.05, 0.1) is 30.1 Å². The topological polar surface area (TPSA) is 102 Å². The van der Waals surface area contributed by atoms with Crippen LogP contribution in [0.2, 0.25) is 0 Å². The van der Waals surface area contributed by atoms with Gasteiger partial charge in [0.15, 0.2) is 5.82 Å². The Bertz CT molecular complexity index is 1260. The molecule has 162 valence electrons. The van der Waals surface area contributed by atoms with Gasteiger partial charge < -0.3 is 15.4 Å². The normalized spacial score (nSPS) is 10.7. The van der Waals surface area contributed by atoms with E-state index in [1.54, 1.807) is 31.5 Å². The summed E-state index contributed by atoms with van der Waals surface area (Å²) in [5.41, 5.74) is 3.07. The second-order valence-corrected chi connectivity index (χ2v) is 6.93. The number of halogens is 1. The highest BCUT2D eigenvalue weighted by molar-refractivity contribution is 6.06. The number of amides is 1. The van der Waals surface area contributed by atoms with Crippen molar-refractivity contribution >= 4 is 22.6 Å². The third-order valence-electron chi connectivity index (χ3n) is 5.00. The van der Waals surface area contributed by atoms with Crippen LogP contribution in [0.1, 0.15) is 15.9 Å². The Balaban J connectivity index is 1.51. The molecule has 0 radical (unpaired) electrons. The average Bonchev–Trinajstić information content (AvgIpc) is 2.84. The summed E-state index contributed by atoms with van der Waals surface area (Å²) in [7, 11) is 3.04. The third-order valence-corrected chi connectivity index (χ3v) is 5.00. The Kier molecular flexibility index (Phi) is 6.16. The van der Waals surface area contributed by atoms with E-state index >= 15 is 0 Å². The second-order valence-electron chi connectivity index (χ2n) is 6.93. The summed E-state index contributed by atoms with van der Waals surface area (Å²) in [5, 5.41) is 6.24. The second kappa shape index (κ2) is 9.34. The van der Waals surface area contributed by atoms with Gasteiger partial charge in [0.1, 0.15) is 12.1 Å². The van der Waals surface area contributed by atoms with E-state index in [9.17, 15) is 9.18 Å². The van der Waals surface area contributed by atoms with E-state index in [-0.39, 0.29) is 5.56 Å². The number of hydrogen-bond acceptors (Lipinski definition) is 7. The quantitative estimate of drug-likeness (QED) is 0.462. The van der Waals surface area contributed by atoms with Gasteiger partial charge in [-0.15, -0.1) is 0 Å². The van der Waals surface area contributed by atoms with Gasteiger partial charge in [0.25, 0.3) is 5.91 Å². The van der Waals surface area contributed by atoms with Crippen LogP contribution in [-0.2, 0) is 6.42 Å². The van der Waals surface area contributed by atoms with Crippen LogP contribution in [0.25, 0.3) is 22.2 Å². The zero-order chi connectivity index (χ0) is 22.5. The van der Waals surface area contributed by atoms with E-state index < -0.39 is 11.7 Å². The van der Waals surface area contributed by atoms with Crippen molar-refractivity contribution in [1.29, 1.82) is 0 Å². The van der Waals surface area contributed by atoms with Gasteiger partial charge >= 0.3 is 0 Å². The first kappa shape index (κ1) is 21.1.